The average Bonchev–Trinajstić information content (AvgIpc) is 2.60. The molecule has 4 N–H and O–H groups in total. The molecule has 0 heterocycles. The number of halogens is 4. The number of likely N-dealkylation sites (N-methyl/N-ethyl adjacent to an activating group) is 1. The zero-order chi connectivity index (χ0) is 20.6. The van der Waals surface area contributed by atoms with Crippen molar-refractivity contribution in [2.45, 2.75) is 19.4 Å². The van der Waals surface area contributed by atoms with E-state index in [0.29, 0.717) is 21.9 Å². The number of para-hydroxylation sites is 1. The Labute approximate surface area is 192 Å². The van der Waals surface area contributed by atoms with Gasteiger partial charge in [-0.25, -0.2) is 0 Å². The first kappa shape index (κ1) is 24.4. The minimum absolute atomic E-state index is 0.138. The highest BCUT2D eigenvalue weighted by Crippen LogP contribution is 2.34. The first-order valence-corrected chi connectivity index (χ1v) is 11.1. The molecule has 27 heavy (non-hydrogen) atoms. The fraction of sp³-hybridized carbons (Fsp3) is 0.278. The first-order chi connectivity index (χ1) is 12.7. The first-order valence-electron chi connectivity index (χ1n) is 7.89. The quantitative estimate of drug-likeness (QED) is 0.427. The number of phenolic OH excluding ortho intramolecular Hbond substituents is 1. The summed E-state index contributed by atoms with van der Waals surface area (Å²) in [7, 11) is 1.60. The van der Waals surface area contributed by atoms with E-state index < -0.39 is 6.04 Å². The van der Waals surface area contributed by atoms with Gasteiger partial charge >= 0.3 is 0 Å². The molecule has 9 heteroatoms. The van der Waals surface area contributed by atoms with Gasteiger partial charge in [-0.1, -0.05) is 6.07 Å². The molecule has 0 fully saturated rings. The van der Waals surface area contributed by atoms with Crippen LogP contribution in [-0.2, 0) is 11.2 Å². The molecule has 5 nitrogen and oxygen atoms in total. The predicted octanol–water partition coefficient (Wildman–Crippen LogP) is 5.14. The van der Waals surface area contributed by atoms with E-state index in [9.17, 15) is 4.79 Å². The Kier molecular flexibility index (Phi) is 10.9. The lowest BCUT2D eigenvalue weighted by Crippen LogP contribution is -2.41. The molecule has 0 aromatic heterocycles. The summed E-state index contributed by atoms with van der Waals surface area (Å²) in [5, 5.41) is 11.8. The molecule has 1 unspecified atom stereocenters. The fourth-order valence-corrected chi connectivity index (χ4v) is 4.67. The van der Waals surface area contributed by atoms with Crippen molar-refractivity contribution >= 4 is 69.6 Å². The van der Waals surface area contributed by atoms with E-state index in [0.717, 1.165) is 20.3 Å². The van der Waals surface area contributed by atoms with Gasteiger partial charge in [0.15, 0.2) is 0 Å². The number of ether oxygens (including phenoxy) is 1. The summed E-state index contributed by atoms with van der Waals surface area (Å²) in [5.41, 5.74) is 6.80. The van der Waals surface area contributed by atoms with Gasteiger partial charge in [-0.05, 0) is 107 Å². The van der Waals surface area contributed by atoms with Crippen LogP contribution in [0.25, 0.3) is 0 Å². The number of hydrogen-bond acceptors (Lipinski definition) is 4. The summed E-state index contributed by atoms with van der Waals surface area (Å²) in [4.78, 5) is 11.6. The summed E-state index contributed by atoms with van der Waals surface area (Å²) in [5.74, 6) is 0.836. The van der Waals surface area contributed by atoms with Crippen LogP contribution >= 0.6 is 63.7 Å². The van der Waals surface area contributed by atoms with Gasteiger partial charge < -0.3 is 20.9 Å². The molecule has 2 aromatic carbocycles. The molecule has 2 rings (SSSR count). The van der Waals surface area contributed by atoms with E-state index in [2.05, 4.69) is 69.0 Å². The third kappa shape index (κ3) is 7.73. The normalized spacial score (nSPS) is 11.2. The monoisotopic (exact) mass is 628 g/mol. The van der Waals surface area contributed by atoms with Crippen molar-refractivity contribution in [1.29, 1.82) is 0 Å². The molecule has 0 aliphatic heterocycles. The van der Waals surface area contributed by atoms with E-state index >= 15 is 0 Å². The van der Waals surface area contributed by atoms with Gasteiger partial charge in [0.25, 0.3) is 0 Å². The largest absolute Gasteiger partial charge is 0.506 e. The molecule has 0 radical (unpaired) electrons. The van der Waals surface area contributed by atoms with Gasteiger partial charge in [0.1, 0.15) is 11.5 Å². The molecule has 1 atom stereocenters. The zero-order valence-electron chi connectivity index (χ0n) is 14.7. The summed E-state index contributed by atoms with van der Waals surface area (Å²) in [6.45, 7) is 2.45. The molecule has 0 aliphatic rings. The highest BCUT2D eigenvalue weighted by molar-refractivity contribution is 9.11. The van der Waals surface area contributed by atoms with E-state index in [4.69, 9.17) is 15.6 Å². The SMILES string of the molecule is CCNC(=O)C(N)Cc1cc(Br)c(OC)c(Br)c1.Oc1c(Br)cccc1Br. The summed E-state index contributed by atoms with van der Waals surface area (Å²) < 4.78 is 8.29. The van der Waals surface area contributed by atoms with Crippen LogP contribution < -0.4 is 15.8 Å². The standard InChI is InChI=1S/C12H16Br2N2O2.C6H4Br2O/c1-3-16-12(17)10(15)6-7-4-8(13)11(18-2)9(14)5-7;7-4-2-1-3-5(8)6(4)9/h4-5,10H,3,6,15H2,1-2H3,(H,16,17);1-3,9H. The zero-order valence-corrected chi connectivity index (χ0v) is 21.1. The molecule has 0 aliphatic carbocycles. The smallest absolute Gasteiger partial charge is 0.237 e. The maximum atomic E-state index is 11.6. The van der Waals surface area contributed by atoms with Crippen molar-refractivity contribution in [3.63, 3.8) is 0 Å². The molecule has 0 spiro atoms. The second-order valence-electron chi connectivity index (χ2n) is 5.37. The third-order valence-corrected chi connectivity index (χ3v) is 5.80. The van der Waals surface area contributed by atoms with E-state index in [-0.39, 0.29) is 11.7 Å². The molecule has 1 amide bonds. The maximum absolute atomic E-state index is 11.6. The Bertz CT molecular complexity index is 744. The number of carbonyl (C=O) groups is 1. The lowest BCUT2D eigenvalue weighted by atomic mass is 10.1. The molecular formula is C18H20Br4N2O3. The van der Waals surface area contributed by atoms with Crippen molar-refractivity contribution < 1.29 is 14.6 Å². The second-order valence-corrected chi connectivity index (χ2v) is 8.79. The number of phenols is 1. The minimum Gasteiger partial charge on any atom is -0.506 e. The van der Waals surface area contributed by atoms with Crippen LogP contribution in [0.3, 0.4) is 0 Å². The van der Waals surface area contributed by atoms with Crippen LogP contribution in [0.4, 0.5) is 0 Å². The molecule has 0 saturated heterocycles. The highest BCUT2D eigenvalue weighted by Gasteiger charge is 2.15. The lowest BCUT2D eigenvalue weighted by Gasteiger charge is -2.13. The number of amides is 1. The van der Waals surface area contributed by atoms with E-state index in [1.54, 1.807) is 19.2 Å². The number of hydrogen-bond donors (Lipinski definition) is 3. The minimum atomic E-state index is -0.544. The summed E-state index contributed by atoms with van der Waals surface area (Å²) in [6, 6.07) is 8.66. The van der Waals surface area contributed by atoms with Gasteiger partial charge in [0.05, 0.1) is 31.0 Å². The van der Waals surface area contributed by atoms with Crippen molar-refractivity contribution in [3.05, 3.63) is 53.8 Å². The molecule has 2 aromatic rings. The second kappa shape index (κ2) is 12.1. The number of benzene rings is 2. The van der Waals surface area contributed by atoms with Gasteiger partial charge in [-0.3, -0.25) is 4.79 Å². The number of carbonyl (C=O) groups excluding carboxylic acids is 1. The number of rotatable bonds is 5. The summed E-state index contributed by atoms with van der Waals surface area (Å²) in [6.07, 6.45) is 0.479. The van der Waals surface area contributed by atoms with Crippen LogP contribution in [-0.4, -0.2) is 30.7 Å². The van der Waals surface area contributed by atoms with Crippen molar-refractivity contribution in [1.82, 2.24) is 5.32 Å². The van der Waals surface area contributed by atoms with Crippen molar-refractivity contribution in [2.24, 2.45) is 5.73 Å². The average molecular weight is 632 g/mol. The van der Waals surface area contributed by atoms with Crippen LogP contribution in [0.15, 0.2) is 48.2 Å². The number of methoxy groups -OCH3 is 1. The number of aromatic hydroxyl groups is 1. The number of nitrogens with two attached hydrogens (primary N) is 1. The Balaban J connectivity index is 0.000000337. The Morgan fingerprint density at radius 2 is 1.67 bits per heavy atom. The van der Waals surface area contributed by atoms with E-state index in [1.165, 1.54) is 0 Å². The molecule has 148 valence electrons. The highest BCUT2D eigenvalue weighted by atomic mass is 79.9. The fourth-order valence-electron chi connectivity index (χ4n) is 2.07. The summed E-state index contributed by atoms with van der Waals surface area (Å²) >= 11 is 13.2. The molecule has 0 bridgehead atoms. The Hall–Kier alpha value is -0.610. The van der Waals surface area contributed by atoms with Gasteiger partial charge in [-0.2, -0.15) is 0 Å². The van der Waals surface area contributed by atoms with Gasteiger partial charge in [-0.15, -0.1) is 0 Å². The Morgan fingerprint density at radius 3 is 2.07 bits per heavy atom. The van der Waals surface area contributed by atoms with Gasteiger partial charge in [0.2, 0.25) is 5.91 Å². The molecular weight excluding hydrogens is 612 g/mol. The van der Waals surface area contributed by atoms with Crippen LogP contribution in [0.5, 0.6) is 11.5 Å². The maximum Gasteiger partial charge on any atom is 0.237 e. The van der Waals surface area contributed by atoms with E-state index in [1.807, 2.05) is 25.1 Å². The topological polar surface area (TPSA) is 84.6 Å². The lowest BCUT2D eigenvalue weighted by molar-refractivity contribution is -0.122. The Morgan fingerprint density at radius 1 is 1.15 bits per heavy atom. The van der Waals surface area contributed by atoms with Crippen molar-refractivity contribution in [2.75, 3.05) is 13.7 Å². The predicted molar refractivity (Wildman–Crippen MR) is 122 cm³/mol. The number of nitrogens with one attached hydrogen (secondary N) is 1. The molecule has 0 saturated carbocycles. The van der Waals surface area contributed by atoms with Gasteiger partial charge in [0, 0.05) is 6.54 Å². The van der Waals surface area contributed by atoms with Crippen molar-refractivity contribution in [3.8, 4) is 11.5 Å². The van der Waals surface area contributed by atoms with Crippen LogP contribution in [0, 0.1) is 0 Å². The third-order valence-electron chi connectivity index (χ3n) is 3.34. The van der Waals surface area contributed by atoms with Crippen LogP contribution in [0.2, 0.25) is 0 Å². The van der Waals surface area contributed by atoms with Crippen LogP contribution in [0.1, 0.15) is 12.5 Å².